The summed E-state index contributed by atoms with van der Waals surface area (Å²) in [5.41, 5.74) is 3.13. The number of oxazole rings is 1. The summed E-state index contributed by atoms with van der Waals surface area (Å²) < 4.78 is 8.03. The number of halogens is 1. The number of aliphatic imine (C=N–C) groups is 1. The van der Waals surface area contributed by atoms with Crippen LogP contribution in [0, 0.1) is 0 Å². The molecule has 1 N–H and O–H groups in total. The van der Waals surface area contributed by atoms with E-state index in [-0.39, 0.29) is 17.3 Å². The Kier molecular flexibility index (Phi) is 5.54. The molecule has 1 fully saturated rings. The van der Waals surface area contributed by atoms with Gasteiger partial charge in [-0.05, 0) is 57.2 Å². The summed E-state index contributed by atoms with van der Waals surface area (Å²) in [6.07, 6.45) is 9.94. The number of aromatic nitrogens is 3. The Balaban J connectivity index is 1.69. The van der Waals surface area contributed by atoms with Crippen molar-refractivity contribution in [2.45, 2.75) is 45.1 Å². The molecule has 0 saturated heterocycles. The highest BCUT2D eigenvalue weighted by atomic mass is 35.5. The summed E-state index contributed by atoms with van der Waals surface area (Å²) in [5, 5.41) is 10.9. The number of aryl methyl sites for hydroxylation is 1. The monoisotopic (exact) mass is 465 g/mol. The lowest BCUT2D eigenvalue weighted by molar-refractivity contribution is -0.114. The summed E-state index contributed by atoms with van der Waals surface area (Å²) in [5.74, 6) is 0.928. The van der Waals surface area contributed by atoms with Crippen molar-refractivity contribution in [1.82, 2.24) is 19.4 Å². The highest BCUT2D eigenvalue weighted by Crippen LogP contribution is 2.37. The minimum Gasteiger partial charge on any atom is -0.510 e. The van der Waals surface area contributed by atoms with Gasteiger partial charge in [-0.2, -0.15) is 0 Å². The molecule has 2 aliphatic rings. The minimum atomic E-state index is -0.0964. The maximum absolute atomic E-state index is 11.9. The number of rotatable bonds is 5. The number of amidine groups is 1. The molecule has 9 heteroatoms. The Hall–Kier alpha value is -3.39. The molecule has 0 atom stereocenters. The molecule has 3 aromatic rings. The number of aliphatic hydroxyl groups excluding tert-OH is 1. The van der Waals surface area contributed by atoms with Gasteiger partial charge >= 0.3 is 0 Å². The first-order valence-electron chi connectivity index (χ1n) is 11.0. The Labute approximate surface area is 195 Å². The molecule has 170 valence electrons. The summed E-state index contributed by atoms with van der Waals surface area (Å²) in [6.45, 7) is 1.50. The van der Waals surface area contributed by atoms with E-state index in [0.717, 1.165) is 43.5 Å². The Bertz CT molecular complexity index is 1330. The fourth-order valence-electron chi connectivity index (χ4n) is 4.18. The molecule has 0 spiro atoms. The van der Waals surface area contributed by atoms with Crippen LogP contribution in [0.25, 0.3) is 22.9 Å². The van der Waals surface area contributed by atoms with Gasteiger partial charge in [-0.25, -0.2) is 15.0 Å². The smallest absolute Gasteiger partial charge is 0.249 e. The van der Waals surface area contributed by atoms with Crippen molar-refractivity contribution in [3.63, 3.8) is 0 Å². The molecule has 2 aromatic heterocycles. The van der Waals surface area contributed by atoms with Gasteiger partial charge in [0.25, 0.3) is 0 Å². The number of hydrogen-bond donors (Lipinski definition) is 1. The van der Waals surface area contributed by atoms with Crippen molar-refractivity contribution in [2.75, 3.05) is 7.05 Å². The standard InChI is InChI=1S/C24H24ClN5O3/c1-14(32)20(24-28-21-16(25)9-6-12-19(21)33-24)27-22(29(2)13-31)23-26-17-10-3-4-11-18(17)30(23)15-7-5-8-15/h4,6,9,11-13,15,32H,3,5,7-8,10H2,1-2H3/b20-14+,27-22?. The predicted molar refractivity (Wildman–Crippen MR) is 127 cm³/mol. The number of nitrogens with zero attached hydrogens (tertiary/aromatic N) is 5. The van der Waals surface area contributed by atoms with E-state index in [1.165, 1.54) is 11.8 Å². The molecule has 1 aromatic carbocycles. The van der Waals surface area contributed by atoms with Gasteiger partial charge in [0.2, 0.25) is 12.3 Å². The Morgan fingerprint density at radius 2 is 2.18 bits per heavy atom. The van der Waals surface area contributed by atoms with E-state index < -0.39 is 0 Å². The molecular formula is C24H24ClN5O3. The third-order valence-electron chi connectivity index (χ3n) is 6.11. The largest absolute Gasteiger partial charge is 0.510 e. The molecule has 0 unspecified atom stereocenters. The zero-order valence-corrected chi connectivity index (χ0v) is 19.2. The average molecular weight is 466 g/mol. The first kappa shape index (κ1) is 21.5. The van der Waals surface area contributed by atoms with Gasteiger partial charge in [-0.1, -0.05) is 23.7 Å². The number of benzene rings is 1. The third kappa shape index (κ3) is 3.74. The SMILES string of the molecule is C/C(O)=C(\N=C(c1nc2c(n1C1CCC1)C=CCC2)N(C)C=O)c1nc2c(Cl)cccc2o1. The van der Waals surface area contributed by atoms with Crippen LogP contribution in [0.1, 0.15) is 61.8 Å². The van der Waals surface area contributed by atoms with Crippen molar-refractivity contribution < 1.29 is 14.3 Å². The van der Waals surface area contributed by atoms with Crippen LogP contribution in [0.4, 0.5) is 0 Å². The number of imidazole rings is 1. The van der Waals surface area contributed by atoms with Crippen LogP contribution in [-0.2, 0) is 11.2 Å². The van der Waals surface area contributed by atoms with Crippen LogP contribution in [0.2, 0.25) is 5.02 Å². The zero-order valence-electron chi connectivity index (χ0n) is 18.5. The van der Waals surface area contributed by atoms with Gasteiger partial charge in [-0.15, -0.1) is 0 Å². The van der Waals surface area contributed by atoms with Crippen molar-refractivity contribution in [1.29, 1.82) is 0 Å². The molecule has 1 saturated carbocycles. The number of aliphatic hydroxyl groups is 1. The summed E-state index contributed by atoms with van der Waals surface area (Å²) >= 11 is 6.25. The van der Waals surface area contributed by atoms with E-state index >= 15 is 0 Å². The van der Waals surface area contributed by atoms with Crippen LogP contribution in [0.5, 0.6) is 0 Å². The van der Waals surface area contributed by atoms with Gasteiger partial charge in [0.05, 0.1) is 16.4 Å². The average Bonchev–Trinajstić information content (AvgIpc) is 3.36. The molecule has 2 aliphatic carbocycles. The van der Waals surface area contributed by atoms with E-state index in [1.54, 1.807) is 25.2 Å². The van der Waals surface area contributed by atoms with E-state index in [1.807, 2.05) is 0 Å². The molecule has 0 bridgehead atoms. The summed E-state index contributed by atoms with van der Waals surface area (Å²) in [4.78, 5) is 27.3. The number of fused-ring (bicyclic) bond motifs is 2. The number of carbonyl (C=O) groups excluding carboxylic acids is 1. The van der Waals surface area contributed by atoms with Gasteiger partial charge in [0.15, 0.2) is 22.9 Å². The second-order valence-electron chi connectivity index (χ2n) is 8.35. The zero-order chi connectivity index (χ0) is 23.1. The first-order valence-corrected chi connectivity index (χ1v) is 11.4. The highest BCUT2D eigenvalue weighted by Gasteiger charge is 2.31. The maximum atomic E-state index is 11.9. The second kappa shape index (κ2) is 8.51. The quantitative estimate of drug-likeness (QED) is 0.243. The van der Waals surface area contributed by atoms with Crippen molar-refractivity contribution >= 4 is 46.7 Å². The fourth-order valence-corrected chi connectivity index (χ4v) is 4.39. The third-order valence-corrected chi connectivity index (χ3v) is 6.42. The molecule has 1 amide bonds. The topological polar surface area (TPSA) is 96.8 Å². The summed E-state index contributed by atoms with van der Waals surface area (Å²) in [7, 11) is 1.62. The summed E-state index contributed by atoms with van der Waals surface area (Å²) in [6, 6.07) is 5.52. The maximum Gasteiger partial charge on any atom is 0.249 e. The molecule has 2 heterocycles. The fraction of sp³-hybridized carbons (Fsp3) is 0.333. The lowest BCUT2D eigenvalue weighted by atomic mass is 9.92. The number of amides is 1. The minimum absolute atomic E-state index is 0.0964. The second-order valence-corrected chi connectivity index (χ2v) is 8.76. The Morgan fingerprint density at radius 1 is 1.36 bits per heavy atom. The molecule has 5 rings (SSSR count). The molecule has 33 heavy (non-hydrogen) atoms. The first-order chi connectivity index (χ1) is 16.0. The van der Waals surface area contributed by atoms with E-state index in [4.69, 9.17) is 26.0 Å². The van der Waals surface area contributed by atoms with E-state index in [0.29, 0.717) is 40.2 Å². The molecular weight excluding hydrogens is 442 g/mol. The molecule has 8 nitrogen and oxygen atoms in total. The normalized spacial score (nSPS) is 17.0. The van der Waals surface area contributed by atoms with Gasteiger partial charge in [0.1, 0.15) is 11.3 Å². The number of para-hydroxylation sites is 1. The van der Waals surface area contributed by atoms with Crippen molar-refractivity contribution in [2.24, 2.45) is 4.99 Å². The number of hydrogen-bond acceptors (Lipinski definition) is 6. The lowest BCUT2D eigenvalue weighted by Gasteiger charge is -2.31. The van der Waals surface area contributed by atoms with Crippen molar-refractivity contribution in [3.05, 3.63) is 58.2 Å². The molecule has 0 aliphatic heterocycles. The van der Waals surface area contributed by atoms with Crippen LogP contribution < -0.4 is 0 Å². The van der Waals surface area contributed by atoms with E-state index in [2.05, 4.69) is 21.7 Å². The lowest BCUT2D eigenvalue weighted by Crippen LogP contribution is -2.32. The number of carbonyl (C=O) groups is 1. The number of allylic oxidation sites excluding steroid dienone is 2. The highest BCUT2D eigenvalue weighted by molar-refractivity contribution is 6.34. The van der Waals surface area contributed by atoms with E-state index in [9.17, 15) is 9.90 Å². The van der Waals surface area contributed by atoms with Gasteiger partial charge < -0.3 is 14.1 Å². The Morgan fingerprint density at radius 3 is 2.85 bits per heavy atom. The van der Waals surface area contributed by atoms with Crippen LogP contribution in [0.15, 0.2) is 39.4 Å². The van der Waals surface area contributed by atoms with Gasteiger partial charge in [0, 0.05) is 13.1 Å². The predicted octanol–water partition coefficient (Wildman–Crippen LogP) is 5.14. The van der Waals surface area contributed by atoms with Crippen molar-refractivity contribution in [3.8, 4) is 0 Å². The van der Waals surface area contributed by atoms with Crippen LogP contribution in [0.3, 0.4) is 0 Å². The molecule has 0 radical (unpaired) electrons. The van der Waals surface area contributed by atoms with Crippen LogP contribution >= 0.6 is 11.6 Å². The van der Waals surface area contributed by atoms with Gasteiger partial charge in [-0.3, -0.25) is 9.69 Å². The van der Waals surface area contributed by atoms with Crippen LogP contribution in [-0.4, -0.2) is 43.8 Å².